The highest BCUT2D eigenvalue weighted by molar-refractivity contribution is 7.89. The van der Waals surface area contributed by atoms with Gasteiger partial charge in [-0.05, 0) is 43.7 Å². The van der Waals surface area contributed by atoms with E-state index in [-0.39, 0.29) is 11.4 Å². The summed E-state index contributed by atoms with van der Waals surface area (Å²) in [6.45, 7) is 0.522. The summed E-state index contributed by atoms with van der Waals surface area (Å²) in [6, 6.07) is 2.42. The smallest absolute Gasteiger partial charge is 0.341 e. The Morgan fingerprint density at radius 2 is 1.90 bits per heavy atom. The van der Waals surface area contributed by atoms with Crippen LogP contribution in [0.1, 0.15) is 40.1 Å². The van der Waals surface area contributed by atoms with Crippen LogP contribution in [0.5, 0.6) is 0 Å². The number of thiophene rings is 1. The van der Waals surface area contributed by atoms with Crippen molar-refractivity contribution in [2.45, 2.75) is 43.5 Å². The zero-order chi connectivity index (χ0) is 22.2. The molecule has 31 heavy (non-hydrogen) atoms. The molecule has 166 valence electrons. The van der Waals surface area contributed by atoms with Crippen LogP contribution in [0.25, 0.3) is 0 Å². The number of aryl methyl sites for hydroxylation is 1. The molecule has 2 aromatic heterocycles. The van der Waals surface area contributed by atoms with Gasteiger partial charge in [0.15, 0.2) is 0 Å². The topological polar surface area (TPSA) is 115 Å². The minimum Gasteiger partial charge on any atom is -0.465 e. The van der Waals surface area contributed by atoms with E-state index in [0.29, 0.717) is 23.7 Å². The SMILES string of the molecule is COC(=O)c1c(NC(=O)Cn2cc(S(=O)(=O)N3CCCC3)ccc2=O)sc2c1CCC2. The minimum atomic E-state index is -3.71. The number of ether oxygens (including phenoxy) is 1. The first-order chi connectivity index (χ1) is 14.8. The second-order valence-corrected chi connectivity index (χ2v) is 10.6. The molecule has 1 amide bonds. The number of nitrogens with zero attached hydrogens (tertiary/aromatic N) is 2. The second kappa shape index (κ2) is 8.56. The molecule has 11 heteroatoms. The van der Waals surface area contributed by atoms with Crippen molar-refractivity contribution >= 4 is 38.2 Å². The fourth-order valence-corrected chi connectivity index (χ4v) is 6.83. The van der Waals surface area contributed by atoms with Crippen molar-refractivity contribution in [2.75, 3.05) is 25.5 Å². The molecule has 0 bridgehead atoms. The summed E-state index contributed by atoms with van der Waals surface area (Å²) < 4.78 is 32.9. The summed E-state index contributed by atoms with van der Waals surface area (Å²) in [6.07, 6.45) is 5.35. The van der Waals surface area contributed by atoms with Crippen LogP contribution < -0.4 is 10.9 Å². The zero-order valence-corrected chi connectivity index (χ0v) is 18.7. The van der Waals surface area contributed by atoms with Crippen molar-refractivity contribution in [1.82, 2.24) is 8.87 Å². The number of anilines is 1. The quantitative estimate of drug-likeness (QED) is 0.648. The maximum Gasteiger partial charge on any atom is 0.341 e. The van der Waals surface area contributed by atoms with Gasteiger partial charge >= 0.3 is 5.97 Å². The molecule has 3 heterocycles. The van der Waals surface area contributed by atoms with Gasteiger partial charge in [-0.3, -0.25) is 9.59 Å². The Bertz CT molecular complexity index is 1190. The third-order valence-corrected chi connectivity index (χ3v) is 8.63. The molecular weight excluding hydrogens is 442 g/mol. The van der Waals surface area contributed by atoms with Gasteiger partial charge in [0.1, 0.15) is 11.5 Å². The molecule has 1 aliphatic carbocycles. The Balaban J connectivity index is 1.56. The van der Waals surface area contributed by atoms with Crippen molar-refractivity contribution in [3.8, 4) is 0 Å². The molecule has 1 fully saturated rings. The summed E-state index contributed by atoms with van der Waals surface area (Å²) in [5.74, 6) is -1.03. The van der Waals surface area contributed by atoms with Gasteiger partial charge in [-0.25, -0.2) is 13.2 Å². The van der Waals surface area contributed by atoms with Crippen molar-refractivity contribution in [3.05, 3.63) is 44.7 Å². The standard InChI is InChI=1S/C20H23N3O6S2/c1-29-20(26)18-14-5-4-6-15(14)30-19(18)21-16(24)12-22-11-13(7-8-17(22)25)31(27,28)23-9-2-3-10-23/h7-8,11H,2-6,9-10,12H2,1H3,(H,21,24). The van der Waals surface area contributed by atoms with E-state index >= 15 is 0 Å². The van der Waals surface area contributed by atoms with Gasteiger partial charge in [-0.1, -0.05) is 0 Å². The Hall–Kier alpha value is -2.50. The largest absolute Gasteiger partial charge is 0.465 e. The fourth-order valence-electron chi connectivity index (χ4n) is 3.99. The molecule has 0 radical (unpaired) electrons. The first-order valence-electron chi connectivity index (χ1n) is 10.0. The van der Waals surface area contributed by atoms with Gasteiger partial charge in [-0.2, -0.15) is 4.31 Å². The maximum atomic E-state index is 12.8. The maximum absolute atomic E-state index is 12.8. The number of nitrogens with one attached hydrogen (secondary N) is 1. The lowest BCUT2D eigenvalue weighted by molar-refractivity contribution is -0.116. The van der Waals surface area contributed by atoms with Crippen LogP contribution in [0.2, 0.25) is 0 Å². The van der Waals surface area contributed by atoms with E-state index < -0.39 is 27.5 Å². The average Bonchev–Trinajstić information content (AvgIpc) is 3.46. The van der Waals surface area contributed by atoms with Crippen LogP contribution >= 0.6 is 11.3 Å². The zero-order valence-electron chi connectivity index (χ0n) is 17.0. The van der Waals surface area contributed by atoms with Crippen molar-refractivity contribution in [2.24, 2.45) is 0 Å². The molecule has 1 aliphatic heterocycles. The van der Waals surface area contributed by atoms with Crippen LogP contribution in [0, 0.1) is 0 Å². The van der Waals surface area contributed by atoms with Gasteiger partial charge in [0.2, 0.25) is 15.9 Å². The average molecular weight is 466 g/mol. The molecule has 0 aromatic carbocycles. The first-order valence-corrected chi connectivity index (χ1v) is 12.3. The molecule has 9 nitrogen and oxygen atoms in total. The number of hydrogen-bond acceptors (Lipinski definition) is 7. The van der Waals surface area contributed by atoms with Gasteiger partial charge in [0.05, 0.1) is 17.6 Å². The number of carbonyl (C=O) groups is 2. The third kappa shape index (κ3) is 4.17. The van der Waals surface area contributed by atoms with Crippen LogP contribution in [-0.4, -0.2) is 49.4 Å². The Kier molecular flexibility index (Phi) is 6.00. The highest BCUT2D eigenvalue weighted by Crippen LogP contribution is 2.39. The number of fused-ring (bicyclic) bond motifs is 1. The summed E-state index contributed by atoms with van der Waals surface area (Å²) in [5, 5.41) is 3.10. The minimum absolute atomic E-state index is 0.0212. The van der Waals surface area contributed by atoms with Gasteiger partial charge < -0.3 is 14.6 Å². The predicted molar refractivity (Wildman–Crippen MR) is 115 cm³/mol. The van der Waals surface area contributed by atoms with E-state index in [4.69, 9.17) is 4.74 Å². The van der Waals surface area contributed by atoms with Crippen molar-refractivity contribution < 1.29 is 22.7 Å². The van der Waals surface area contributed by atoms with E-state index in [9.17, 15) is 22.8 Å². The number of sulfonamides is 1. The molecule has 4 rings (SSSR count). The van der Waals surface area contributed by atoms with Gasteiger partial charge in [0.25, 0.3) is 5.56 Å². The van der Waals surface area contributed by atoms with E-state index in [1.807, 2.05) is 0 Å². The van der Waals surface area contributed by atoms with E-state index in [0.717, 1.165) is 53.2 Å². The predicted octanol–water partition coefficient (Wildman–Crippen LogP) is 1.61. The molecule has 2 aliphatic rings. The third-order valence-electron chi connectivity index (χ3n) is 5.54. The van der Waals surface area contributed by atoms with Crippen LogP contribution in [0.4, 0.5) is 5.00 Å². The fraction of sp³-hybridized carbons (Fsp3) is 0.450. The molecule has 0 saturated carbocycles. The number of aromatic nitrogens is 1. The summed E-state index contributed by atoms with van der Waals surface area (Å²) in [4.78, 5) is 38.2. The van der Waals surface area contributed by atoms with E-state index in [1.54, 1.807) is 0 Å². The summed E-state index contributed by atoms with van der Waals surface area (Å²) in [5.41, 5.74) is 0.784. The van der Waals surface area contributed by atoms with Crippen LogP contribution in [-0.2, 0) is 38.9 Å². The summed E-state index contributed by atoms with van der Waals surface area (Å²) in [7, 11) is -2.42. The van der Waals surface area contributed by atoms with Crippen LogP contribution in [0.3, 0.4) is 0 Å². The van der Waals surface area contributed by atoms with Crippen LogP contribution in [0.15, 0.2) is 28.0 Å². The van der Waals surface area contributed by atoms with Gasteiger partial charge in [0, 0.05) is 30.2 Å². The summed E-state index contributed by atoms with van der Waals surface area (Å²) >= 11 is 1.34. The van der Waals surface area contributed by atoms with Crippen molar-refractivity contribution in [3.63, 3.8) is 0 Å². The number of pyridine rings is 1. The van der Waals surface area contributed by atoms with E-state index in [1.165, 1.54) is 35.0 Å². The normalized spacial score (nSPS) is 16.3. The number of methoxy groups -OCH3 is 1. The molecule has 2 aromatic rings. The Labute approximate surface area is 183 Å². The molecule has 1 N–H and O–H groups in total. The lowest BCUT2D eigenvalue weighted by Crippen LogP contribution is -2.31. The number of hydrogen-bond donors (Lipinski definition) is 1. The molecule has 0 unspecified atom stereocenters. The molecule has 0 spiro atoms. The molecular formula is C20H23N3O6S2. The Morgan fingerprint density at radius 1 is 1.16 bits per heavy atom. The Morgan fingerprint density at radius 3 is 2.61 bits per heavy atom. The molecule has 1 saturated heterocycles. The van der Waals surface area contributed by atoms with Crippen molar-refractivity contribution in [1.29, 1.82) is 0 Å². The van der Waals surface area contributed by atoms with E-state index in [2.05, 4.69) is 5.32 Å². The highest BCUT2D eigenvalue weighted by Gasteiger charge is 2.29. The number of rotatable bonds is 6. The lowest BCUT2D eigenvalue weighted by atomic mass is 10.1. The number of amides is 1. The monoisotopic (exact) mass is 465 g/mol. The second-order valence-electron chi connectivity index (χ2n) is 7.54. The lowest BCUT2D eigenvalue weighted by Gasteiger charge is -2.16. The molecule has 0 atom stereocenters. The first kappa shape index (κ1) is 21.7. The van der Waals surface area contributed by atoms with Gasteiger partial charge in [-0.15, -0.1) is 11.3 Å². The highest BCUT2D eigenvalue weighted by atomic mass is 32.2. The number of esters is 1. The number of carbonyl (C=O) groups excluding carboxylic acids is 2.